The highest BCUT2D eigenvalue weighted by Gasteiger charge is 2.49. The Morgan fingerprint density at radius 1 is 1.17 bits per heavy atom. The molecule has 3 rings (SSSR count). The summed E-state index contributed by atoms with van der Waals surface area (Å²) in [5.74, 6) is -1.07. The lowest BCUT2D eigenvalue weighted by Crippen LogP contribution is -2.51. The molecule has 10 nitrogen and oxygen atoms in total. The predicted molar refractivity (Wildman–Crippen MR) is 78.4 cm³/mol. The van der Waals surface area contributed by atoms with Crippen molar-refractivity contribution in [3.63, 3.8) is 0 Å². The summed E-state index contributed by atoms with van der Waals surface area (Å²) in [6.45, 7) is 1.96. The van der Waals surface area contributed by atoms with Gasteiger partial charge in [-0.15, -0.1) is 0 Å². The number of hydrogen-bond acceptors (Lipinski definition) is 7. The molecule has 132 valence electrons. The molecule has 3 aliphatic heterocycles. The molecular weight excluding hydrogens is 320 g/mol. The normalized spacial score (nSPS) is 24.9. The number of amides is 4. The van der Waals surface area contributed by atoms with E-state index in [1.807, 2.05) is 0 Å². The molecular formula is C14H20N4O6. The van der Waals surface area contributed by atoms with E-state index in [9.17, 15) is 19.2 Å². The van der Waals surface area contributed by atoms with Crippen molar-refractivity contribution in [2.24, 2.45) is 5.92 Å². The molecule has 0 aliphatic carbocycles. The summed E-state index contributed by atoms with van der Waals surface area (Å²) >= 11 is 0. The number of methoxy groups -OCH3 is 1. The maximum absolute atomic E-state index is 12.2. The van der Waals surface area contributed by atoms with E-state index in [0.717, 1.165) is 0 Å². The van der Waals surface area contributed by atoms with Crippen LogP contribution in [0.5, 0.6) is 0 Å². The van der Waals surface area contributed by atoms with Crippen molar-refractivity contribution in [2.45, 2.75) is 18.9 Å². The van der Waals surface area contributed by atoms with Crippen LogP contribution in [-0.2, 0) is 19.2 Å². The zero-order chi connectivity index (χ0) is 17.3. The molecule has 24 heavy (non-hydrogen) atoms. The number of imide groups is 1. The summed E-state index contributed by atoms with van der Waals surface area (Å²) < 4.78 is 4.69. The summed E-state index contributed by atoms with van der Waals surface area (Å²) in [4.78, 5) is 55.9. The fourth-order valence-electron chi connectivity index (χ4n) is 3.18. The third kappa shape index (κ3) is 2.88. The Morgan fingerprint density at radius 2 is 1.88 bits per heavy atom. The molecule has 0 saturated carbocycles. The first-order chi connectivity index (χ1) is 11.5. The quantitative estimate of drug-likeness (QED) is 0.516. The van der Waals surface area contributed by atoms with Gasteiger partial charge in [-0.05, 0) is 12.8 Å². The number of carbonyl (C=O) groups excluding carboxylic acids is 4. The average Bonchev–Trinajstić information content (AvgIpc) is 2.86. The standard InChI is InChI=1S/C14H20N4O6/c1-23-12(20)9-2-5-16(6-3-9)14(22)24-18-11(19)10-8-15-4-7-17(10)13(18)21/h9-10,15H,2-8H2,1H3. The van der Waals surface area contributed by atoms with Gasteiger partial charge in [-0.2, -0.15) is 0 Å². The maximum Gasteiger partial charge on any atom is 0.434 e. The second-order valence-corrected chi connectivity index (χ2v) is 5.97. The van der Waals surface area contributed by atoms with Crippen LogP contribution < -0.4 is 5.32 Å². The molecule has 3 fully saturated rings. The van der Waals surface area contributed by atoms with Crippen molar-refractivity contribution in [2.75, 3.05) is 39.8 Å². The maximum atomic E-state index is 12.2. The summed E-state index contributed by atoms with van der Waals surface area (Å²) in [5, 5.41) is 3.58. The zero-order valence-corrected chi connectivity index (χ0v) is 13.4. The highest BCUT2D eigenvalue weighted by molar-refractivity contribution is 6.04. The molecule has 1 unspecified atom stereocenters. The third-order valence-corrected chi connectivity index (χ3v) is 4.61. The number of nitrogens with one attached hydrogen (secondary N) is 1. The molecule has 0 aromatic carbocycles. The van der Waals surface area contributed by atoms with Gasteiger partial charge in [0.25, 0.3) is 5.91 Å². The number of hydroxylamine groups is 2. The van der Waals surface area contributed by atoms with E-state index < -0.39 is 24.1 Å². The lowest BCUT2D eigenvalue weighted by molar-refractivity contribution is -0.152. The van der Waals surface area contributed by atoms with Gasteiger partial charge in [-0.3, -0.25) is 9.59 Å². The van der Waals surface area contributed by atoms with E-state index >= 15 is 0 Å². The van der Waals surface area contributed by atoms with Gasteiger partial charge in [-0.1, -0.05) is 5.06 Å². The number of piperazine rings is 1. The van der Waals surface area contributed by atoms with E-state index in [0.29, 0.717) is 50.6 Å². The van der Waals surface area contributed by atoms with Crippen LogP contribution in [0.1, 0.15) is 12.8 Å². The molecule has 3 saturated heterocycles. The van der Waals surface area contributed by atoms with Crippen LogP contribution in [0.4, 0.5) is 9.59 Å². The number of nitrogens with zero attached hydrogens (tertiary/aromatic N) is 3. The Bertz CT molecular complexity index is 535. The SMILES string of the molecule is COC(=O)C1CCN(C(=O)ON2C(=O)C3CNCCN3C2=O)CC1. The topological polar surface area (TPSA) is 108 Å². The van der Waals surface area contributed by atoms with Gasteiger partial charge in [0.2, 0.25) is 0 Å². The molecule has 0 bridgehead atoms. The van der Waals surface area contributed by atoms with Gasteiger partial charge >= 0.3 is 18.1 Å². The highest BCUT2D eigenvalue weighted by Crippen LogP contribution is 2.22. The Kier molecular flexibility index (Phi) is 4.56. The number of fused-ring (bicyclic) bond motifs is 1. The first kappa shape index (κ1) is 16.5. The number of likely N-dealkylation sites (tertiary alicyclic amines) is 1. The molecule has 0 radical (unpaired) electrons. The van der Waals surface area contributed by atoms with Crippen LogP contribution in [0, 0.1) is 5.92 Å². The van der Waals surface area contributed by atoms with Crippen LogP contribution >= 0.6 is 0 Å². The molecule has 4 amide bonds. The number of piperidine rings is 1. The molecule has 0 aromatic heterocycles. The fourth-order valence-corrected chi connectivity index (χ4v) is 3.18. The van der Waals surface area contributed by atoms with E-state index in [1.54, 1.807) is 0 Å². The van der Waals surface area contributed by atoms with Crippen LogP contribution in [0.3, 0.4) is 0 Å². The van der Waals surface area contributed by atoms with Crippen LogP contribution in [0.25, 0.3) is 0 Å². The van der Waals surface area contributed by atoms with Crippen molar-refractivity contribution >= 4 is 24.0 Å². The van der Waals surface area contributed by atoms with Gasteiger partial charge in [-0.25, -0.2) is 9.59 Å². The van der Waals surface area contributed by atoms with Crippen molar-refractivity contribution in [3.8, 4) is 0 Å². The molecule has 3 aliphatic rings. The minimum absolute atomic E-state index is 0.242. The van der Waals surface area contributed by atoms with Crippen molar-refractivity contribution in [1.82, 2.24) is 20.2 Å². The largest absolute Gasteiger partial charge is 0.469 e. The number of hydrogen-bond donors (Lipinski definition) is 1. The van der Waals surface area contributed by atoms with E-state index in [2.05, 4.69) is 5.32 Å². The van der Waals surface area contributed by atoms with Crippen molar-refractivity contribution < 1.29 is 28.8 Å². The average molecular weight is 340 g/mol. The summed E-state index contributed by atoms with van der Waals surface area (Å²) in [5.41, 5.74) is 0. The lowest BCUT2D eigenvalue weighted by atomic mass is 9.97. The molecule has 0 aromatic rings. The van der Waals surface area contributed by atoms with Gasteiger partial charge < -0.3 is 24.7 Å². The Morgan fingerprint density at radius 3 is 2.50 bits per heavy atom. The van der Waals surface area contributed by atoms with Gasteiger partial charge in [0.05, 0.1) is 13.0 Å². The van der Waals surface area contributed by atoms with E-state index in [4.69, 9.17) is 9.57 Å². The second-order valence-electron chi connectivity index (χ2n) is 5.97. The minimum Gasteiger partial charge on any atom is -0.469 e. The minimum atomic E-state index is -0.757. The Hall–Kier alpha value is -2.36. The Labute approximate surface area is 138 Å². The number of ether oxygens (including phenoxy) is 1. The zero-order valence-electron chi connectivity index (χ0n) is 13.4. The van der Waals surface area contributed by atoms with Crippen LogP contribution in [0.2, 0.25) is 0 Å². The van der Waals surface area contributed by atoms with Crippen molar-refractivity contribution in [3.05, 3.63) is 0 Å². The van der Waals surface area contributed by atoms with E-state index in [1.165, 1.54) is 16.9 Å². The van der Waals surface area contributed by atoms with Crippen LogP contribution in [-0.4, -0.2) is 84.7 Å². The van der Waals surface area contributed by atoms with Gasteiger partial charge in [0, 0.05) is 32.7 Å². The van der Waals surface area contributed by atoms with Gasteiger partial charge in [0.15, 0.2) is 0 Å². The first-order valence-electron chi connectivity index (χ1n) is 7.93. The molecule has 3 heterocycles. The predicted octanol–water partition coefficient (Wildman–Crippen LogP) is -0.841. The highest BCUT2D eigenvalue weighted by atomic mass is 16.7. The molecule has 1 N–H and O–H groups in total. The summed E-state index contributed by atoms with van der Waals surface area (Å²) in [6, 6.07) is -1.23. The number of esters is 1. The van der Waals surface area contributed by atoms with Crippen LogP contribution in [0.15, 0.2) is 0 Å². The molecule has 0 spiro atoms. The Balaban J connectivity index is 1.56. The first-order valence-corrected chi connectivity index (χ1v) is 7.93. The third-order valence-electron chi connectivity index (χ3n) is 4.61. The molecule has 1 atom stereocenters. The summed E-state index contributed by atoms with van der Waals surface area (Å²) in [6.07, 6.45) is 0.165. The monoisotopic (exact) mass is 340 g/mol. The summed E-state index contributed by atoms with van der Waals surface area (Å²) in [7, 11) is 1.33. The number of rotatable bonds is 2. The van der Waals surface area contributed by atoms with Gasteiger partial charge in [0.1, 0.15) is 6.04 Å². The smallest absolute Gasteiger partial charge is 0.434 e. The molecule has 10 heteroatoms. The number of carbonyl (C=O) groups is 4. The van der Waals surface area contributed by atoms with Crippen molar-refractivity contribution in [1.29, 1.82) is 0 Å². The number of urea groups is 1. The fraction of sp³-hybridized carbons (Fsp3) is 0.714. The second kappa shape index (κ2) is 6.63. The lowest BCUT2D eigenvalue weighted by Gasteiger charge is -2.30. The van der Waals surface area contributed by atoms with E-state index in [-0.39, 0.29) is 11.9 Å².